The van der Waals surface area contributed by atoms with Crippen molar-refractivity contribution in [2.75, 3.05) is 14.2 Å². The molecule has 0 saturated carbocycles. The van der Waals surface area contributed by atoms with E-state index in [0.717, 1.165) is 12.1 Å². The molecule has 0 aromatic heterocycles. The molecular formula is C15H15FN2O6. The molecule has 0 aliphatic rings. The van der Waals surface area contributed by atoms with E-state index in [-0.39, 0.29) is 30.8 Å². The van der Waals surface area contributed by atoms with Crippen molar-refractivity contribution in [2.45, 2.75) is 25.4 Å². The molecule has 8 nitrogen and oxygen atoms in total. The standard InChI is InChI=1S/C15H15FN2O6/c1-23-12-7-9(11(18(21)22)8-13(12)24-2)14(19)15(20)10(16)5-3-4-6-17/h7-8,10H,3-5H2,1-2H3. The minimum absolute atomic E-state index is 0.000798. The highest BCUT2D eigenvalue weighted by Gasteiger charge is 2.32. The maximum Gasteiger partial charge on any atom is 0.284 e. The van der Waals surface area contributed by atoms with E-state index in [1.165, 1.54) is 14.2 Å². The van der Waals surface area contributed by atoms with Crippen molar-refractivity contribution in [3.63, 3.8) is 0 Å². The van der Waals surface area contributed by atoms with Crippen LogP contribution in [0, 0.1) is 21.4 Å². The van der Waals surface area contributed by atoms with E-state index in [1.807, 2.05) is 0 Å². The lowest BCUT2D eigenvalue weighted by atomic mass is 9.99. The van der Waals surface area contributed by atoms with Crippen LogP contribution in [0.2, 0.25) is 0 Å². The zero-order valence-corrected chi connectivity index (χ0v) is 13.1. The summed E-state index contributed by atoms with van der Waals surface area (Å²) in [4.78, 5) is 34.3. The van der Waals surface area contributed by atoms with Crippen LogP contribution in [-0.4, -0.2) is 36.9 Å². The lowest BCUT2D eigenvalue weighted by molar-refractivity contribution is -0.385. The third-order valence-corrected chi connectivity index (χ3v) is 3.20. The molecule has 0 bridgehead atoms. The lowest BCUT2D eigenvalue weighted by Gasteiger charge is -2.10. The summed E-state index contributed by atoms with van der Waals surface area (Å²) in [6.45, 7) is 0. The third-order valence-electron chi connectivity index (χ3n) is 3.20. The Kier molecular flexibility index (Phi) is 6.79. The number of benzene rings is 1. The predicted octanol–water partition coefficient (Wildman–Crippen LogP) is 2.40. The van der Waals surface area contributed by atoms with Gasteiger partial charge in [0.25, 0.3) is 5.69 Å². The van der Waals surface area contributed by atoms with Gasteiger partial charge in [0, 0.05) is 12.5 Å². The number of nitro groups is 1. The third kappa shape index (κ3) is 4.25. The number of Topliss-reactive ketones (excluding diaryl/α,β-unsaturated/α-hetero) is 2. The zero-order chi connectivity index (χ0) is 18.3. The molecule has 0 radical (unpaired) electrons. The van der Waals surface area contributed by atoms with Gasteiger partial charge in [-0.2, -0.15) is 5.26 Å². The zero-order valence-electron chi connectivity index (χ0n) is 13.1. The highest BCUT2D eigenvalue weighted by atomic mass is 19.1. The summed E-state index contributed by atoms with van der Waals surface area (Å²) in [7, 11) is 2.50. The molecule has 9 heteroatoms. The number of carbonyl (C=O) groups excluding carboxylic acids is 2. The van der Waals surface area contributed by atoms with E-state index in [0.29, 0.717) is 0 Å². The summed E-state index contributed by atoms with van der Waals surface area (Å²) in [6.07, 6.45) is -2.29. The van der Waals surface area contributed by atoms with Crippen LogP contribution in [0.25, 0.3) is 0 Å². The van der Waals surface area contributed by atoms with Gasteiger partial charge in [0.15, 0.2) is 17.7 Å². The fraction of sp³-hybridized carbons (Fsp3) is 0.400. The van der Waals surface area contributed by atoms with Crippen LogP contribution in [0.15, 0.2) is 12.1 Å². The first-order valence-electron chi connectivity index (χ1n) is 6.87. The van der Waals surface area contributed by atoms with E-state index in [9.17, 15) is 24.1 Å². The maximum atomic E-state index is 13.8. The smallest absolute Gasteiger partial charge is 0.284 e. The largest absolute Gasteiger partial charge is 0.493 e. The molecule has 0 aliphatic carbocycles. The molecule has 0 heterocycles. The number of alkyl halides is 1. The molecule has 0 aliphatic heterocycles. The van der Waals surface area contributed by atoms with Gasteiger partial charge in [-0.15, -0.1) is 0 Å². The minimum atomic E-state index is -2.13. The van der Waals surface area contributed by atoms with Crippen LogP contribution in [-0.2, 0) is 4.79 Å². The SMILES string of the molecule is COc1cc(C(=O)C(=O)C(F)CCCC#N)c([N+](=O)[O-])cc1OC. The van der Waals surface area contributed by atoms with Crippen LogP contribution < -0.4 is 9.47 Å². The summed E-state index contributed by atoms with van der Waals surface area (Å²) in [5.41, 5.74) is -1.26. The lowest BCUT2D eigenvalue weighted by Crippen LogP contribution is -2.26. The number of hydrogen-bond acceptors (Lipinski definition) is 7. The number of ether oxygens (including phenoxy) is 2. The summed E-state index contributed by atoms with van der Waals surface area (Å²) < 4.78 is 23.7. The van der Waals surface area contributed by atoms with Gasteiger partial charge < -0.3 is 9.47 Å². The number of nitrogens with zero attached hydrogens (tertiary/aromatic N) is 2. The fourth-order valence-electron chi connectivity index (χ4n) is 1.97. The second-order valence-electron chi connectivity index (χ2n) is 4.69. The Morgan fingerprint density at radius 2 is 1.92 bits per heavy atom. The second kappa shape index (κ2) is 8.57. The van der Waals surface area contributed by atoms with E-state index in [2.05, 4.69) is 0 Å². The Balaban J connectivity index is 3.19. The number of unbranched alkanes of at least 4 members (excludes halogenated alkanes) is 1. The van der Waals surface area contributed by atoms with Crippen LogP contribution in [0.1, 0.15) is 29.6 Å². The Labute approximate surface area is 136 Å². The molecule has 0 N–H and O–H groups in total. The van der Waals surface area contributed by atoms with Crippen molar-refractivity contribution < 1.29 is 28.4 Å². The Bertz CT molecular complexity index is 698. The predicted molar refractivity (Wildman–Crippen MR) is 79.9 cm³/mol. The fourth-order valence-corrected chi connectivity index (χ4v) is 1.97. The first-order valence-corrected chi connectivity index (χ1v) is 6.87. The van der Waals surface area contributed by atoms with Crippen molar-refractivity contribution in [2.24, 2.45) is 0 Å². The van der Waals surface area contributed by atoms with Gasteiger partial charge in [0.05, 0.1) is 31.3 Å². The first kappa shape index (κ1) is 19.0. The van der Waals surface area contributed by atoms with E-state index >= 15 is 0 Å². The van der Waals surface area contributed by atoms with Crippen molar-refractivity contribution in [3.05, 3.63) is 27.8 Å². The Morgan fingerprint density at radius 1 is 1.33 bits per heavy atom. The molecule has 1 unspecified atom stereocenters. The van der Waals surface area contributed by atoms with Gasteiger partial charge in [0.2, 0.25) is 11.6 Å². The molecule has 24 heavy (non-hydrogen) atoms. The second-order valence-corrected chi connectivity index (χ2v) is 4.69. The molecule has 0 fully saturated rings. The van der Waals surface area contributed by atoms with Crippen LogP contribution in [0.5, 0.6) is 11.5 Å². The summed E-state index contributed by atoms with van der Waals surface area (Å²) in [6, 6.07) is 3.70. The normalized spacial score (nSPS) is 11.2. The average Bonchev–Trinajstić information content (AvgIpc) is 2.58. The minimum Gasteiger partial charge on any atom is -0.493 e. The quantitative estimate of drug-likeness (QED) is 0.223. The number of nitriles is 1. The van der Waals surface area contributed by atoms with Gasteiger partial charge in [0.1, 0.15) is 5.56 Å². The molecule has 128 valence electrons. The number of hydrogen-bond donors (Lipinski definition) is 0. The van der Waals surface area contributed by atoms with Crippen LogP contribution in [0.4, 0.5) is 10.1 Å². The molecular weight excluding hydrogens is 323 g/mol. The number of carbonyl (C=O) groups is 2. The molecule has 1 aromatic carbocycles. The van der Waals surface area contributed by atoms with Gasteiger partial charge in [-0.05, 0) is 12.8 Å². The van der Waals surface area contributed by atoms with Crippen molar-refractivity contribution >= 4 is 17.3 Å². The Hall–Kier alpha value is -3.02. The molecule has 1 atom stereocenters. The number of nitro benzene ring substituents is 1. The van der Waals surface area contributed by atoms with E-state index in [4.69, 9.17) is 14.7 Å². The highest BCUT2D eigenvalue weighted by molar-refractivity contribution is 6.46. The summed E-state index contributed by atoms with van der Waals surface area (Å²) in [5.74, 6) is -2.73. The van der Waals surface area contributed by atoms with Gasteiger partial charge in [-0.25, -0.2) is 4.39 Å². The average molecular weight is 338 g/mol. The molecule has 0 spiro atoms. The number of methoxy groups -OCH3 is 2. The number of halogens is 1. The maximum absolute atomic E-state index is 13.8. The molecule has 1 rings (SSSR count). The molecule has 0 amide bonds. The van der Waals surface area contributed by atoms with Gasteiger partial charge in [-0.1, -0.05) is 0 Å². The summed E-state index contributed by atoms with van der Waals surface area (Å²) in [5, 5.41) is 19.5. The highest BCUT2D eigenvalue weighted by Crippen LogP contribution is 2.35. The van der Waals surface area contributed by atoms with Crippen molar-refractivity contribution in [1.82, 2.24) is 0 Å². The molecule has 1 aromatic rings. The first-order chi connectivity index (χ1) is 11.4. The van der Waals surface area contributed by atoms with Crippen LogP contribution in [0.3, 0.4) is 0 Å². The van der Waals surface area contributed by atoms with Crippen molar-refractivity contribution in [3.8, 4) is 17.6 Å². The van der Waals surface area contributed by atoms with Crippen LogP contribution >= 0.6 is 0 Å². The van der Waals surface area contributed by atoms with Gasteiger partial charge in [-0.3, -0.25) is 19.7 Å². The number of rotatable bonds is 9. The van der Waals surface area contributed by atoms with Crippen molar-refractivity contribution in [1.29, 1.82) is 5.26 Å². The number of ketones is 2. The van der Waals surface area contributed by atoms with E-state index < -0.39 is 33.9 Å². The monoisotopic (exact) mass is 338 g/mol. The van der Waals surface area contributed by atoms with Gasteiger partial charge >= 0.3 is 0 Å². The summed E-state index contributed by atoms with van der Waals surface area (Å²) >= 11 is 0. The molecule has 0 saturated heterocycles. The topological polar surface area (TPSA) is 120 Å². The Morgan fingerprint density at radius 3 is 2.42 bits per heavy atom. The van der Waals surface area contributed by atoms with E-state index in [1.54, 1.807) is 6.07 Å².